The van der Waals surface area contributed by atoms with E-state index in [2.05, 4.69) is 11.9 Å². The highest BCUT2D eigenvalue weighted by Crippen LogP contribution is 2.18. The Hall–Kier alpha value is -1.42. The Bertz CT molecular complexity index is 335. The van der Waals surface area contributed by atoms with Crippen LogP contribution in [0.5, 0.6) is 0 Å². The van der Waals surface area contributed by atoms with Gasteiger partial charge in [0.1, 0.15) is 0 Å². The van der Waals surface area contributed by atoms with Gasteiger partial charge in [0.05, 0.1) is 5.75 Å². The standard InChI is InChI=1S/C11H14N2OS/c1-2-7-13-11(14)8-15-10-5-3-9(12)4-6-10/h2-6H,1,7-8,12H2,(H,13,14). The molecule has 0 bridgehead atoms. The maximum absolute atomic E-state index is 11.2. The van der Waals surface area contributed by atoms with Crippen LogP contribution in [0, 0.1) is 0 Å². The number of anilines is 1. The highest BCUT2D eigenvalue weighted by Gasteiger charge is 2.00. The van der Waals surface area contributed by atoms with Crippen LogP contribution in [-0.2, 0) is 4.79 Å². The second-order valence-electron chi connectivity index (χ2n) is 2.95. The highest BCUT2D eigenvalue weighted by atomic mass is 32.2. The molecule has 0 aromatic heterocycles. The molecule has 15 heavy (non-hydrogen) atoms. The van der Waals surface area contributed by atoms with Gasteiger partial charge in [-0.25, -0.2) is 0 Å². The summed E-state index contributed by atoms with van der Waals surface area (Å²) >= 11 is 1.49. The molecule has 0 saturated carbocycles. The zero-order valence-electron chi connectivity index (χ0n) is 8.40. The third-order valence-electron chi connectivity index (χ3n) is 1.69. The Morgan fingerprint density at radius 3 is 2.73 bits per heavy atom. The summed E-state index contributed by atoms with van der Waals surface area (Å²) in [5.74, 6) is 0.425. The maximum Gasteiger partial charge on any atom is 0.230 e. The number of nitrogens with one attached hydrogen (secondary N) is 1. The van der Waals surface area contributed by atoms with Crippen molar-refractivity contribution in [3.8, 4) is 0 Å². The van der Waals surface area contributed by atoms with E-state index in [-0.39, 0.29) is 5.91 Å². The molecule has 0 heterocycles. The van der Waals surface area contributed by atoms with Gasteiger partial charge in [-0.05, 0) is 24.3 Å². The molecule has 1 aromatic rings. The molecule has 1 rings (SSSR count). The van der Waals surface area contributed by atoms with E-state index >= 15 is 0 Å². The van der Waals surface area contributed by atoms with Crippen molar-refractivity contribution in [3.63, 3.8) is 0 Å². The molecule has 3 N–H and O–H groups in total. The number of hydrogen-bond donors (Lipinski definition) is 2. The molecule has 1 aromatic carbocycles. The molecule has 80 valence electrons. The number of carbonyl (C=O) groups excluding carboxylic acids is 1. The molecule has 0 aliphatic carbocycles. The summed E-state index contributed by atoms with van der Waals surface area (Å²) in [6, 6.07) is 7.45. The van der Waals surface area contributed by atoms with Crippen LogP contribution in [0.25, 0.3) is 0 Å². The van der Waals surface area contributed by atoms with Crippen molar-refractivity contribution in [1.29, 1.82) is 0 Å². The van der Waals surface area contributed by atoms with Gasteiger partial charge in [-0.1, -0.05) is 6.08 Å². The minimum atomic E-state index is 0.0109. The van der Waals surface area contributed by atoms with E-state index < -0.39 is 0 Å². The average molecular weight is 222 g/mol. The third-order valence-corrected chi connectivity index (χ3v) is 2.71. The smallest absolute Gasteiger partial charge is 0.230 e. The number of thioether (sulfide) groups is 1. The zero-order valence-corrected chi connectivity index (χ0v) is 9.22. The minimum Gasteiger partial charge on any atom is -0.399 e. The monoisotopic (exact) mass is 222 g/mol. The Morgan fingerprint density at radius 2 is 2.13 bits per heavy atom. The van der Waals surface area contributed by atoms with Crippen molar-refractivity contribution in [2.24, 2.45) is 0 Å². The molecule has 3 nitrogen and oxygen atoms in total. The Kier molecular flexibility index (Phi) is 4.77. The molecular formula is C11H14N2OS. The first kappa shape index (κ1) is 11.7. The first-order chi connectivity index (χ1) is 7.22. The fraction of sp³-hybridized carbons (Fsp3) is 0.182. The van der Waals surface area contributed by atoms with Crippen LogP contribution in [-0.4, -0.2) is 18.2 Å². The zero-order chi connectivity index (χ0) is 11.1. The molecule has 0 fully saturated rings. The Balaban J connectivity index is 2.33. The number of nitrogen functional groups attached to an aromatic ring is 1. The summed E-state index contributed by atoms with van der Waals surface area (Å²) in [6.45, 7) is 4.04. The molecule has 0 spiro atoms. The fourth-order valence-electron chi connectivity index (χ4n) is 0.950. The van der Waals surface area contributed by atoms with E-state index in [9.17, 15) is 4.79 Å². The van der Waals surface area contributed by atoms with Gasteiger partial charge in [0, 0.05) is 17.1 Å². The van der Waals surface area contributed by atoms with E-state index in [1.54, 1.807) is 6.08 Å². The van der Waals surface area contributed by atoms with E-state index in [1.807, 2.05) is 24.3 Å². The first-order valence-electron chi connectivity index (χ1n) is 4.58. The second kappa shape index (κ2) is 6.14. The maximum atomic E-state index is 11.2. The third kappa shape index (κ3) is 4.56. The lowest BCUT2D eigenvalue weighted by molar-refractivity contribution is -0.118. The van der Waals surface area contributed by atoms with Gasteiger partial charge in [0.15, 0.2) is 0 Å². The predicted molar refractivity (Wildman–Crippen MR) is 64.8 cm³/mol. The molecule has 0 aliphatic heterocycles. The summed E-state index contributed by atoms with van der Waals surface area (Å²) in [7, 11) is 0. The lowest BCUT2D eigenvalue weighted by atomic mass is 10.3. The van der Waals surface area contributed by atoms with Crippen molar-refractivity contribution < 1.29 is 4.79 Å². The number of nitrogens with two attached hydrogens (primary N) is 1. The quantitative estimate of drug-likeness (QED) is 0.452. The predicted octanol–water partition coefficient (Wildman–Crippen LogP) is 1.66. The summed E-state index contributed by atoms with van der Waals surface area (Å²) in [6.07, 6.45) is 1.66. The molecule has 0 saturated heterocycles. The van der Waals surface area contributed by atoms with Crippen molar-refractivity contribution in [3.05, 3.63) is 36.9 Å². The lowest BCUT2D eigenvalue weighted by Gasteiger charge is -2.02. The number of amides is 1. The van der Waals surface area contributed by atoms with Crippen molar-refractivity contribution in [2.75, 3.05) is 18.0 Å². The van der Waals surface area contributed by atoms with Gasteiger partial charge in [-0.3, -0.25) is 4.79 Å². The SMILES string of the molecule is C=CCNC(=O)CSc1ccc(N)cc1. The van der Waals surface area contributed by atoms with Crippen LogP contribution in [0.2, 0.25) is 0 Å². The van der Waals surface area contributed by atoms with Crippen LogP contribution in [0.3, 0.4) is 0 Å². The molecule has 0 radical (unpaired) electrons. The highest BCUT2D eigenvalue weighted by molar-refractivity contribution is 8.00. The van der Waals surface area contributed by atoms with Crippen LogP contribution < -0.4 is 11.1 Å². The van der Waals surface area contributed by atoms with Crippen LogP contribution in [0.15, 0.2) is 41.8 Å². The van der Waals surface area contributed by atoms with Crippen molar-refractivity contribution in [2.45, 2.75) is 4.90 Å². The van der Waals surface area contributed by atoms with Crippen LogP contribution >= 0.6 is 11.8 Å². The molecule has 1 amide bonds. The topological polar surface area (TPSA) is 55.1 Å². The molecule has 0 aliphatic rings. The van der Waals surface area contributed by atoms with Crippen LogP contribution in [0.4, 0.5) is 5.69 Å². The van der Waals surface area contributed by atoms with E-state index in [4.69, 9.17) is 5.73 Å². The van der Waals surface area contributed by atoms with Gasteiger partial charge < -0.3 is 11.1 Å². The van der Waals surface area contributed by atoms with E-state index in [0.29, 0.717) is 12.3 Å². The molecule has 4 heteroatoms. The second-order valence-corrected chi connectivity index (χ2v) is 4.00. The number of hydrogen-bond acceptors (Lipinski definition) is 3. The van der Waals surface area contributed by atoms with Gasteiger partial charge >= 0.3 is 0 Å². The minimum absolute atomic E-state index is 0.0109. The molecule has 0 atom stereocenters. The number of carbonyl (C=O) groups is 1. The number of rotatable bonds is 5. The summed E-state index contributed by atoms with van der Waals surface area (Å²) in [5, 5.41) is 2.71. The fourth-order valence-corrected chi connectivity index (χ4v) is 1.68. The molecular weight excluding hydrogens is 208 g/mol. The number of benzene rings is 1. The lowest BCUT2D eigenvalue weighted by Crippen LogP contribution is -2.24. The van der Waals surface area contributed by atoms with Gasteiger partial charge in [0.25, 0.3) is 0 Å². The van der Waals surface area contributed by atoms with Gasteiger partial charge in [-0.2, -0.15) is 0 Å². The van der Waals surface area contributed by atoms with Gasteiger partial charge in [-0.15, -0.1) is 18.3 Å². The van der Waals surface area contributed by atoms with Crippen LogP contribution in [0.1, 0.15) is 0 Å². The first-order valence-corrected chi connectivity index (χ1v) is 5.57. The summed E-state index contributed by atoms with van der Waals surface area (Å²) in [5.41, 5.74) is 6.28. The average Bonchev–Trinajstić information content (AvgIpc) is 2.25. The van der Waals surface area contributed by atoms with E-state index in [0.717, 1.165) is 10.6 Å². The Morgan fingerprint density at radius 1 is 1.47 bits per heavy atom. The van der Waals surface area contributed by atoms with E-state index in [1.165, 1.54) is 11.8 Å². The van der Waals surface area contributed by atoms with Crippen molar-refractivity contribution >= 4 is 23.4 Å². The van der Waals surface area contributed by atoms with Crippen molar-refractivity contribution in [1.82, 2.24) is 5.32 Å². The summed E-state index contributed by atoms with van der Waals surface area (Å²) in [4.78, 5) is 12.3. The van der Waals surface area contributed by atoms with Gasteiger partial charge in [0.2, 0.25) is 5.91 Å². The summed E-state index contributed by atoms with van der Waals surface area (Å²) < 4.78 is 0. The Labute approximate surface area is 93.7 Å². The largest absolute Gasteiger partial charge is 0.399 e. The normalized spacial score (nSPS) is 9.60. The molecule has 0 unspecified atom stereocenters.